The number of halogens is 3. The summed E-state index contributed by atoms with van der Waals surface area (Å²) in [5.41, 5.74) is 0.889. The number of carbonyl (C=O) groups excluding carboxylic acids is 1. The minimum atomic E-state index is -0.0843. The topological polar surface area (TPSA) is 41.1 Å². The van der Waals surface area contributed by atoms with E-state index in [1.165, 1.54) is 0 Å². The van der Waals surface area contributed by atoms with Crippen molar-refractivity contribution in [1.82, 2.24) is 10.6 Å². The minimum Gasteiger partial charge on any atom is -0.354 e. The van der Waals surface area contributed by atoms with Crippen LogP contribution in [0.15, 0.2) is 18.2 Å². The average molecular weight is 356 g/mol. The van der Waals surface area contributed by atoms with E-state index in [2.05, 4.69) is 10.6 Å². The lowest BCUT2D eigenvalue weighted by atomic mass is 10.0. The first-order chi connectivity index (χ1) is 9.09. The summed E-state index contributed by atoms with van der Waals surface area (Å²) in [6.45, 7) is 2.54. The molecule has 0 aliphatic carbocycles. The van der Waals surface area contributed by atoms with Gasteiger partial charge in [0, 0.05) is 34.1 Å². The van der Waals surface area contributed by atoms with Gasteiger partial charge in [-0.15, -0.1) is 24.2 Å². The molecule has 1 aromatic carbocycles. The maximum Gasteiger partial charge on any atom is 0.238 e. The number of hydrogen-bond donors (Lipinski definition) is 2. The van der Waals surface area contributed by atoms with E-state index in [-0.39, 0.29) is 30.3 Å². The molecule has 0 saturated carbocycles. The fourth-order valence-corrected chi connectivity index (χ4v) is 3.74. The second-order valence-corrected chi connectivity index (χ2v) is 6.40. The van der Waals surface area contributed by atoms with Crippen LogP contribution in [0.1, 0.15) is 18.4 Å². The second-order valence-electron chi connectivity index (χ2n) is 4.55. The molecule has 3 nitrogen and oxygen atoms in total. The number of carbonyl (C=O) groups is 1. The van der Waals surface area contributed by atoms with Crippen LogP contribution in [-0.2, 0) is 4.79 Å². The number of nitrogens with one attached hydrogen (secondary N) is 2. The highest BCUT2D eigenvalue weighted by atomic mass is 35.5. The van der Waals surface area contributed by atoms with Gasteiger partial charge in [0.25, 0.3) is 0 Å². The highest BCUT2D eigenvalue weighted by Gasteiger charge is 2.23. The predicted octanol–water partition coefficient (Wildman–Crippen LogP) is 3.30. The standard InChI is InChI=1S/C13H16Cl2N2OS.ClH/c1-8(12-9(14)3-2-4-10(12)15)5-16-13(18)11-6-19-7-17-11;/h2-4,8,11,17H,5-7H2,1H3,(H,16,18);1H. The first kappa shape index (κ1) is 17.9. The number of rotatable bonds is 4. The van der Waals surface area contributed by atoms with E-state index in [1.54, 1.807) is 11.8 Å². The maximum absolute atomic E-state index is 11.9. The van der Waals surface area contributed by atoms with Crippen molar-refractivity contribution in [3.63, 3.8) is 0 Å². The average Bonchev–Trinajstić information content (AvgIpc) is 2.89. The molecule has 0 radical (unpaired) electrons. The van der Waals surface area contributed by atoms with Crippen molar-refractivity contribution < 1.29 is 4.79 Å². The molecular weight excluding hydrogens is 339 g/mol. The van der Waals surface area contributed by atoms with E-state index < -0.39 is 0 Å². The zero-order valence-electron chi connectivity index (χ0n) is 11.0. The lowest BCUT2D eigenvalue weighted by Gasteiger charge is -2.17. The van der Waals surface area contributed by atoms with Crippen LogP contribution < -0.4 is 10.6 Å². The van der Waals surface area contributed by atoms with Gasteiger partial charge in [0.1, 0.15) is 0 Å². The third-order valence-electron chi connectivity index (χ3n) is 3.11. The number of amides is 1. The Morgan fingerprint density at radius 1 is 1.50 bits per heavy atom. The number of thioether (sulfide) groups is 1. The highest BCUT2D eigenvalue weighted by Crippen LogP contribution is 2.30. The largest absolute Gasteiger partial charge is 0.354 e. The maximum atomic E-state index is 11.9. The van der Waals surface area contributed by atoms with Gasteiger partial charge in [0.15, 0.2) is 0 Å². The van der Waals surface area contributed by atoms with Crippen molar-refractivity contribution in [3.05, 3.63) is 33.8 Å². The SMILES string of the molecule is CC(CNC(=O)C1CSCN1)c1c(Cl)cccc1Cl.Cl. The van der Waals surface area contributed by atoms with Gasteiger partial charge in [-0.1, -0.05) is 36.2 Å². The molecule has 1 fully saturated rings. The first-order valence-electron chi connectivity index (χ1n) is 6.12. The number of hydrogen-bond acceptors (Lipinski definition) is 3. The van der Waals surface area contributed by atoms with Crippen LogP contribution >= 0.6 is 47.4 Å². The van der Waals surface area contributed by atoms with Crippen molar-refractivity contribution >= 4 is 53.3 Å². The summed E-state index contributed by atoms with van der Waals surface area (Å²) in [7, 11) is 0. The Morgan fingerprint density at radius 2 is 2.15 bits per heavy atom. The molecule has 2 rings (SSSR count). The van der Waals surface area contributed by atoms with E-state index >= 15 is 0 Å². The summed E-state index contributed by atoms with van der Waals surface area (Å²) in [5.74, 6) is 1.79. The lowest BCUT2D eigenvalue weighted by Crippen LogP contribution is -2.43. The predicted molar refractivity (Wildman–Crippen MR) is 89.4 cm³/mol. The first-order valence-corrected chi connectivity index (χ1v) is 8.03. The Kier molecular flexibility index (Phi) is 7.48. The molecule has 0 spiro atoms. The van der Waals surface area contributed by atoms with Gasteiger partial charge in [0.05, 0.1) is 6.04 Å². The van der Waals surface area contributed by atoms with Crippen molar-refractivity contribution in [1.29, 1.82) is 0 Å². The molecular formula is C13H17Cl3N2OS. The molecule has 7 heteroatoms. The molecule has 2 unspecified atom stereocenters. The van der Waals surface area contributed by atoms with E-state index in [9.17, 15) is 4.79 Å². The van der Waals surface area contributed by atoms with Crippen molar-refractivity contribution in [2.24, 2.45) is 0 Å². The van der Waals surface area contributed by atoms with Gasteiger partial charge in [-0.25, -0.2) is 0 Å². The Balaban J connectivity index is 0.00000200. The van der Waals surface area contributed by atoms with Gasteiger partial charge in [-0.2, -0.15) is 0 Å². The third kappa shape index (κ3) is 4.43. The zero-order valence-corrected chi connectivity index (χ0v) is 14.1. The molecule has 0 aromatic heterocycles. The second kappa shape index (κ2) is 8.35. The molecule has 1 heterocycles. The molecule has 0 bridgehead atoms. The summed E-state index contributed by atoms with van der Waals surface area (Å²) >= 11 is 14.0. The molecule has 20 heavy (non-hydrogen) atoms. The molecule has 2 N–H and O–H groups in total. The Morgan fingerprint density at radius 3 is 2.70 bits per heavy atom. The van der Waals surface area contributed by atoms with E-state index in [0.717, 1.165) is 17.2 Å². The Labute approximate surface area is 139 Å². The fourth-order valence-electron chi connectivity index (χ4n) is 2.02. The van der Waals surface area contributed by atoms with Crippen molar-refractivity contribution in [3.8, 4) is 0 Å². The Hall–Kier alpha value is -0.130. The molecule has 1 aliphatic heterocycles. The van der Waals surface area contributed by atoms with E-state index in [4.69, 9.17) is 23.2 Å². The molecule has 1 amide bonds. The molecule has 1 aliphatic rings. The summed E-state index contributed by atoms with van der Waals surface area (Å²) in [4.78, 5) is 11.9. The van der Waals surface area contributed by atoms with Crippen LogP contribution in [0.25, 0.3) is 0 Å². The highest BCUT2D eigenvalue weighted by molar-refractivity contribution is 7.99. The zero-order chi connectivity index (χ0) is 13.8. The molecule has 1 saturated heterocycles. The van der Waals surface area contributed by atoms with E-state index in [1.807, 2.05) is 25.1 Å². The summed E-state index contributed by atoms with van der Waals surface area (Å²) in [6.07, 6.45) is 0. The van der Waals surface area contributed by atoms with Crippen molar-refractivity contribution in [2.45, 2.75) is 18.9 Å². The smallest absolute Gasteiger partial charge is 0.238 e. The van der Waals surface area contributed by atoms with Gasteiger partial charge < -0.3 is 5.32 Å². The van der Waals surface area contributed by atoms with Gasteiger partial charge >= 0.3 is 0 Å². The monoisotopic (exact) mass is 354 g/mol. The van der Waals surface area contributed by atoms with Gasteiger partial charge in [0.2, 0.25) is 5.91 Å². The summed E-state index contributed by atoms with van der Waals surface area (Å²) < 4.78 is 0. The molecule has 2 atom stereocenters. The minimum absolute atomic E-state index is 0. The fraction of sp³-hybridized carbons (Fsp3) is 0.462. The van der Waals surface area contributed by atoms with Crippen LogP contribution in [0.3, 0.4) is 0 Å². The molecule has 112 valence electrons. The third-order valence-corrected chi connectivity index (χ3v) is 4.71. The van der Waals surface area contributed by atoms with Crippen LogP contribution in [-0.4, -0.2) is 30.1 Å². The van der Waals surface area contributed by atoms with Crippen LogP contribution in [0.4, 0.5) is 0 Å². The summed E-state index contributed by atoms with van der Waals surface area (Å²) in [5, 5.41) is 7.37. The van der Waals surface area contributed by atoms with Crippen LogP contribution in [0, 0.1) is 0 Å². The lowest BCUT2D eigenvalue weighted by molar-refractivity contribution is -0.122. The normalized spacial score (nSPS) is 19.2. The number of benzene rings is 1. The summed E-state index contributed by atoms with van der Waals surface area (Å²) in [6, 6.07) is 5.37. The van der Waals surface area contributed by atoms with Crippen molar-refractivity contribution in [2.75, 3.05) is 18.2 Å². The van der Waals surface area contributed by atoms with E-state index in [0.29, 0.717) is 16.6 Å². The van der Waals surface area contributed by atoms with Gasteiger partial charge in [-0.3, -0.25) is 10.1 Å². The van der Waals surface area contributed by atoms with Gasteiger partial charge in [-0.05, 0) is 17.7 Å². The van der Waals surface area contributed by atoms with Crippen LogP contribution in [0.5, 0.6) is 0 Å². The molecule has 1 aromatic rings. The Bertz CT molecular complexity index is 447. The quantitative estimate of drug-likeness (QED) is 0.870. The van der Waals surface area contributed by atoms with Crippen LogP contribution in [0.2, 0.25) is 10.0 Å².